The summed E-state index contributed by atoms with van der Waals surface area (Å²) in [6.45, 7) is 2.75. The predicted molar refractivity (Wildman–Crippen MR) is 92.9 cm³/mol. The summed E-state index contributed by atoms with van der Waals surface area (Å²) in [4.78, 5) is 13.7. The molecule has 4 heteroatoms. The highest BCUT2D eigenvalue weighted by Crippen LogP contribution is 2.24. The van der Waals surface area contributed by atoms with Crippen molar-refractivity contribution >= 4 is 5.97 Å². The first kappa shape index (κ1) is 16.7. The molecule has 2 aromatic carbocycles. The maximum Gasteiger partial charge on any atom is 0.336 e. The van der Waals surface area contributed by atoms with Crippen molar-refractivity contribution in [1.82, 2.24) is 4.90 Å². The Kier molecular flexibility index (Phi) is 5.28. The second-order valence-electron chi connectivity index (χ2n) is 6.53. The Morgan fingerprint density at radius 2 is 1.92 bits per heavy atom. The molecule has 1 heterocycles. The van der Waals surface area contributed by atoms with Crippen LogP contribution in [0.3, 0.4) is 0 Å². The van der Waals surface area contributed by atoms with Crippen molar-refractivity contribution in [2.24, 2.45) is 5.92 Å². The maximum absolute atomic E-state index is 11.3. The summed E-state index contributed by atoms with van der Waals surface area (Å²) in [5.74, 6) is -0.280. The minimum absolute atomic E-state index is 0.0800. The van der Waals surface area contributed by atoms with Crippen molar-refractivity contribution < 1.29 is 15.0 Å². The summed E-state index contributed by atoms with van der Waals surface area (Å²) >= 11 is 0. The number of rotatable bonds is 6. The smallest absolute Gasteiger partial charge is 0.336 e. The van der Waals surface area contributed by atoms with Gasteiger partial charge in [-0.15, -0.1) is 0 Å². The van der Waals surface area contributed by atoms with Gasteiger partial charge in [-0.1, -0.05) is 42.5 Å². The van der Waals surface area contributed by atoms with Crippen LogP contribution in [0.1, 0.15) is 33.5 Å². The molecular weight excluding hydrogens is 302 g/mol. The molecule has 0 spiro atoms. The standard InChI is InChI=1S/C20H23NO3/c22-14-17-5-3-4-15(11-17)10-16-8-9-21(12-16)13-18-6-1-2-7-19(18)20(23)24/h1-7,11,16,22H,8-10,12-14H2,(H,23,24). The van der Waals surface area contributed by atoms with Gasteiger partial charge in [0, 0.05) is 13.1 Å². The first-order valence-corrected chi connectivity index (χ1v) is 8.38. The lowest BCUT2D eigenvalue weighted by molar-refractivity contribution is 0.0694. The fourth-order valence-electron chi connectivity index (χ4n) is 3.52. The molecule has 2 aromatic rings. The van der Waals surface area contributed by atoms with Gasteiger partial charge in [0.15, 0.2) is 0 Å². The van der Waals surface area contributed by atoms with Gasteiger partial charge in [0.05, 0.1) is 12.2 Å². The molecule has 0 aliphatic carbocycles. The van der Waals surface area contributed by atoms with Crippen LogP contribution in [0.5, 0.6) is 0 Å². The molecule has 0 saturated carbocycles. The van der Waals surface area contributed by atoms with Crippen LogP contribution in [0.2, 0.25) is 0 Å². The normalized spacial score (nSPS) is 18.0. The van der Waals surface area contributed by atoms with Crippen LogP contribution in [0.25, 0.3) is 0 Å². The Morgan fingerprint density at radius 1 is 1.12 bits per heavy atom. The molecular formula is C20H23NO3. The van der Waals surface area contributed by atoms with Gasteiger partial charge in [-0.25, -0.2) is 4.79 Å². The van der Waals surface area contributed by atoms with E-state index in [-0.39, 0.29) is 6.61 Å². The van der Waals surface area contributed by atoms with Crippen molar-refractivity contribution in [3.05, 3.63) is 70.8 Å². The molecule has 0 amide bonds. The third-order valence-electron chi connectivity index (χ3n) is 4.71. The first-order chi connectivity index (χ1) is 11.7. The average Bonchev–Trinajstić information content (AvgIpc) is 3.02. The van der Waals surface area contributed by atoms with Crippen LogP contribution in [-0.4, -0.2) is 34.2 Å². The molecule has 4 nitrogen and oxygen atoms in total. The number of carboxylic acid groups (broad SMARTS) is 1. The molecule has 1 unspecified atom stereocenters. The summed E-state index contributed by atoms with van der Waals surface area (Å²) in [5, 5.41) is 18.5. The molecule has 0 radical (unpaired) electrons. The highest BCUT2D eigenvalue weighted by atomic mass is 16.4. The van der Waals surface area contributed by atoms with Gasteiger partial charge >= 0.3 is 5.97 Å². The molecule has 0 bridgehead atoms. The molecule has 1 aliphatic heterocycles. The predicted octanol–water partition coefficient (Wildman–Crippen LogP) is 2.94. The van der Waals surface area contributed by atoms with E-state index >= 15 is 0 Å². The third-order valence-corrected chi connectivity index (χ3v) is 4.71. The van der Waals surface area contributed by atoms with Gasteiger partial charge in [-0.3, -0.25) is 4.90 Å². The van der Waals surface area contributed by atoms with Crippen LogP contribution >= 0.6 is 0 Å². The number of hydrogen-bond acceptors (Lipinski definition) is 3. The van der Waals surface area contributed by atoms with E-state index in [1.165, 1.54) is 5.56 Å². The summed E-state index contributed by atoms with van der Waals surface area (Å²) in [5.41, 5.74) is 3.50. The molecule has 3 rings (SSSR count). The van der Waals surface area contributed by atoms with Gasteiger partial charge in [0.2, 0.25) is 0 Å². The number of aliphatic hydroxyl groups excluding tert-OH is 1. The topological polar surface area (TPSA) is 60.8 Å². The Bertz CT molecular complexity index is 714. The number of aromatic carboxylic acids is 1. The van der Waals surface area contributed by atoms with Gasteiger partial charge < -0.3 is 10.2 Å². The number of likely N-dealkylation sites (tertiary alicyclic amines) is 1. The third kappa shape index (κ3) is 4.02. The highest BCUT2D eigenvalue weighted by Gasteiger charge is 2.24. The monoisotopic (exact) mass is 325 g/mol. The zero-order chi connectivity index (χ0) is 16.9. The Morgan fingerprint density at radius 3 is 2.71 bits per heavy atom. The van der Waals surface area contributed by atoms with E-state index < -0.39 is 5.97 Å². The van der Waals surface area contributed by atoms with E-state index in [1.807, 2.05) is 24.3 Å². The van der Waals surface area contributed by atoms with Crippen LogP contribution in [0.4, 0.5) is 0 Å². The van der Waals surface area contributed by atoms with Crippen LogP contribution in [-0.2, 0) is 19.6 Å². The van der Waals surface area contributed by atoms with Crippen molar-refractivity contribution in [2.45, 2.75) is 26.0 Å². The average molecular weight is 325 g/mol. The van der Waals surface area contributed by atoms with Gasteiger partial charge in [-0.2, -0.15) is 0 Å². The second kappa shape index (κ2) is 7.60. The fraction of sp³-hybridized carbons (Fsp3) is 0.350. The zero-order valence-corrected chi connectivity index (χ0v) is 13.7. The first-order valence-electron chi connectivity index (χ1n) is 8.38. The lowest BCUT2D eigenvalue weighted by atomic mass is 9.97. The van der Waals surface area contributed by atoms with Crippen LogP contribution in [0, 0.1) is 5.92 Å². The fourth-order valence-corrected chi connectivity index (χ4v) is 3.52. The van der Waals surface area contributed by atoms with E-state index in [4.69, 9.17) is 0 Å². The zero-order valence-electron chi connectivity index (χ0n) is 13.7. The largest absolute Gasteiger partial charge is 0.478 e. The van der Waals surface area contributed by atoms with Gasteiger partial charge in [0.25, 0.3) is 0 Å². The lowest BCUT2D eigenvalue weighted by Gasteiger charge is -2.17. The van der Waals surface area contributed by atoms with Crippen molar-refractivity contribution in [1.29, 1.82) is 0 Å². The van der Waals surface area contributed by atoms with E-state index in [0.29, 0.717) is 18.0 Å². The van der Waals surface area contributed by atoms with Gasteiger partial charge in [0.1, 0.15) is 0 Å². The quantitative estimate of drug-likeness (QED) is 0.857. The van der Waals surface area contributed by atoms with E-state index in [0.717, 1.165) is 37.1 Å². The summed E-state index contributed by atoms with van der Waals surface area (Å²) in [6, 6.07) is 15.4. The molecule has 126 valence electrons. The summed E-state index contributed by atoms with van der Waals surface area (Å²) < 4.78 is 0. The van der Waals surface area contributed by atoms with Gasteiger partial charge in [-0.05, 0) is 48.1 Å². The Hall–Kier alpha value is -2.17. The number of nitrogens with zero attached hydrogens (tertiary/aromatic N) is 1. The second-order valence-corrected chi connectivity index (χ2v) is 6.53. The summed E-state index contributed by atoms with van der Waals surface area (Å²) in [6.07, 6.45) is 2.13. The van der Waals surface area contributed by atoms with Crippen molar-refractivity contribution in [2.75, 3.05) is 13.1 Å². The molecule has 0 aromatic heterocycles. The highest BCUT2D eigenvalue weighted by molar-refractivity contribution is 5.89. The molecule has 24 heavy (non-hydrogen) atoms. The Balaban J connectivity index is 1.60. The molecule has 1 aliphatic rings. The number of hydrogen-bond donors (Lipinski definition) is 2. The number of carboxylic acids is 1. The number of carbonyl (C=O) groups is 1. The minimum atomic E-state index is -0.859. The molecule has 1 fully saturated rings. The van der Waals surface area contributed by atoms with E-state index in [1.54, 1.807) is 12.1 Å². The summed E-state index contributed by atoms with van der Waals surface area (Å²) in [7, 11) is 0. The van der Waals surface area contributed by atoms with E-state index in [2.05, 4.69) is 17.0 Å². The SMILES string of the molecule is O=C(O)c1ccccc1CN1CCC(Cc2cccc(CO)c2)C1. The molecule has 2 N–H and O–H groups in total. The van der Waals surface area contributed by atoms with Crippen LogP contribution < -0.4 is 0 Å². The number of aliphatic hydroxyl groups is 1. The van der Waals surface area contributed by atoms with Crippen molar-refractivity contribution in [3.63, 3.8) is 0 Å². The number of benzene rings is 2. The molecule has 1 atom stereocenters. The van der Waals surface area contributed by atoms with E-state index in [9.17, 15) is 15.0 Å². The lowest BCUT2D eigenvalue weighted by Crippen LogP contribution is -2.22. The molecule has 1 saturated heterocycles. The van der Waals surface area contributed by atoms with Crippen molar-refractivity contribution in [3.8, 4) is 0 Å². The minimum Gasteiger partial charge on any atom is -0.478 e. The Labute approximate surface area is 142 Å². The van der Waals surface area contributed by atoms with Crippen LogP contribution in [0.15, 0.2) is 48.5 Å². The maximum atomic E-state index is 11.3.